The van der Waals surface area contributed by atoms with Crippen LogP contribution in [0.25, 0.3) is 10.9 Å². The summed E-state index contributed by atoms with van der Waals surface area (Å²) in [6, 6.07) is 25.7. The van der Waals surface area contributed by atoms with Crippen molar-refractivity contribution in [3.8, 4) is 5.75 Å². The first-order valence-corrected chi connectivity index (χ1v) is 12.1. The number of nitrogens with zero attached hydrogens (tertiary/aromatic N) is 1. The van der Waals surface area contributed by atoms with Crippen LogP contribution >= 0.6 is 0 Å². The van der Waals surface area contributed by atoms with Crippen molar-refractivity contribution < 1.29 is 14.3 Å². The second kappa shape index (κ2) is 11.5. The monoisotopic (exact) mass is 468 g/mol. The highest BCUT2D eigenvalue weighted by Crippen LogP contribution is 2.30. The number of fused-ring (bicyclic) bond motifs is 1. The Morgan fingerprint density at radius 3 is 2.29 bits per heavy atom. The second-order valence-corrected chi connectivity index (χ2v) is 8.92. The fourth-order valence-corrected chi connectivity index (χ4v) is 4.21. The molecule has 0 spiro atoms. The number of aryl methyl sites for hydroxylation is 1. The van der Waals surface area contributed by atoms with Gasteiger partial charge in [0.25, 0.3) is 0 Å². The smallest absolute Gasteiger partial charge is 0.242 e. The van der Waals surface area contributed by atoms with Gasteiger partial charge in [0.2, 0.25) is 5.91 Å². The lowest BCUT2D eigenvalue weighted by Crippen LogP contribution is -2.32. The highest BCUT2D eigenvalue weighted by atomic mass is 16.5. The molecule has 5 heteroatoms. The van der Waals surface area contributed by atoms with Crippen LogP contribution in [0.4, 0.5) is 0 Å². The van der Waals surface area contributed by atoms with Crippen LogP contribution in [0, 0.1) is 0 Å². The second-order valence-electron chi connectivity index (χ2n) is 8.92. The highest BCUT2D eigenvalue weighted by Gasteiger charge is 2.19. The van der Waals surface area contributed by atoms with E-state index in [4.69, 9.17) is 4.74 Å². The molecule has 0 aliphatic rings. The molecule has 4 aromatic rings. The zero-order chi connectivity index (χ0) is 24.6. The van der Waals surface area contributed by atoms with Gasteiger partial charge in [-0.3, -0.25) is 4.79 Å². The van der Waals surface area contributed by atoms with Crippen LogP contribution in [0.15, 0.2) is 85.1 Å². The number of ketones is 1. The fraction of sp³-hybridized carbons (Fsp3) is 0.267. The van der Waals surface area contributed by atoms with Crippen molar-refractivity contribution in [3.05, 3.63) is 102 Å². The molecule has 1 unspecified atom stereocenters. The summed E-state index contributed by atoms with van der Waals surface area (Å²) >= 11 is 0. The maximum atomic E-state index is 13.0. The molecule has 0 radical (unpaired) electrons. The van der Waals surface area contributed by atoms with E-state index >= 15 is 0 Å². The highest BCUT2D eigenvalue weighted by molar-refractivity contribution is 5.89. The minimum Gasteiger partial charge on any atom is -0.489 e. The van der Waals surface area contributed by atoms with Gasteiger partial charge in [-0.15, -0.1) is 0 Å². The van der Waals surface area contributed by atoms with Crippen LogP contribution < -0.4 is 10.1 Å². The van der Waals surface area contributed by atoms with E-state index < -0.39 is 0 Å². The molecule has 4 rings (SSSR count). The van der Waals surface area contributed by atoms with Gasteiger partial charge in [0.15, 0.2) is 0 Å². The summed E-state index contributed by atoms with van der Waals surface area (Å²) in [5.74, 6) is 0.887. The summed E-state index contributed by atoms with van der Waals surface area (Å²) < 4.78 is 8.04. The third kappa shape index (κ3) is 6.38. The van der Waals surface area contributed by atoms with Gasteiger partial charge in [-0.05, 0) is 61.6 Å². The maximum Gasteiger partial charge on any atom is 0.242 e. The van der Waals surface area contributed by atoms with Crippen LogP contribution in [-0.4, -0.2) is 22.8 Å². The molecule has 0 aliphatic carbocycles. The van der Waals surface area contributed by atoms with Gasteiger partial charge in [0.05, 0.1) is 0 Å². The lowest BCUT2D eigenvalue weighted by atomic mass is 10.1. The molecule has 0 aliphatic heterocycles. The number of hydrogen-bond acceptors (Lipinski definition) is 3. The normalized spacial score (nSPS) is 11.8. The van der Waals surface area contributed by atoms with Crippen LogP contribution in [0.1, 0.15) is 43.0 Å². The minimum absolute atomic E-state index is 0.0275. The molecule has 180 valence electrons. The summed E-state index contributed by atoms with van der Waals surface area (Å²) in [4.78, 5) is 24.6. The SMILES string of the molecule is CC(=O)CCc1cn(C(C)C(=O)NCCc2ccccc2)c2ccc(OCc3ccccc3)cc12. The van der Waals surface area contributed by atoms with E-state index in [1.54, 1.807) is 6.92 Å². The number of ether oxygens (including phenoxy) is 1. The van der Waals surface area contributed by atoms with Crippen molar-refractivity contribution in [1.82, 2.24) is 9.88 Å². The van der Waals surface area contributed by atoms with E-state index in [1.807, 2.05) is 84.4 Å². The summed E-state index contributed by atoms with van der Waals surface area (Å²) in [5.41, 5.74) is 4.30. The number of carbonyl (C=O) groups excluding carboxylic acids is 2. The van der Waals surface area contributed by atoms with Gasteiger partial charge in [0.1, 0.15) is 24.2 Å². The summed E-state index contributed by atoms with van der Waals surface area (Å²) in [6.45, 7) is 4.58. The molecular weight excluding hydrogens is 436 g/mol. The maximum absolute atomic E-state index is 13.0. The summed E-state index contributed by atoms with van der Waals surface area (Å²) in [7, 11) is 0. The standard InChI is InChI=1S/C30H32N2O3/c1-22(33)13-14-26-20-32(23(2)30(34)31-18-17-24-9-5-3-6-10-24)29-16-15-27(19-28(26)29)35-21-25-11-7-4-8-12-25/h3-12,15-16,19-20,23H,13-14,17-18,21H2,1-2H3,(H,31,34). The van der Waals surface area contributed by atoms with Crippen molar-refractivity contribution in [2.24, 2.45) is 0 Å². The van der Waals surface area contributed by atoms with Crippen LogP contribution in [-0.2, 0) is 29.0 Å². The minimum atomic E-state index is -0.379. The molecule has 1 aromatic heterocycles. The molecule has 0 saturated carbocycles. The summed E-state index contributed by atoms with van der Waals surface area (Å²) in [6.07, 6.45) is 3.89. The predicted octanol–water partition coefficient (Wildman–Crippen LogP) is 5.66. The van der Waals surface area contributed by atoms with Gasteiger partial charge >= 0.3 is 0 Å². The predicted molar refractivity (Wildman–Crippen MR) is 140 cm³/mol. The lowest BCUT2D eigenvalue weighted by Gasteiger charge is -2.16. The first kappa shape index (κ1) is 24.3. The van der Waals surface area contributed by atoms with Crippen molar-refractivity contribution in [2.45, 2.75) is 45.8 Å². The molecule has 0 saturated heterocycles. The first-order valence-electron chi connectivity index (χ1n) is 12.1. The van der Waals surface area contributed by atoms with Crippen molar-refractivity contribution >= 4 is 22.6 Å². The van der Waals surface area contributed by atoms with Crippen LogP contribution in [0.2, 0.25) is 0 Å². The topological polar surface area (TPSA) is 60.3 Å². The van der Waals surface area contributed by atoms with Crippen molar-refractivity contribution in [2.75, 3.05) is 6.54 Å². The first-order chi connectivity index (χ1) is 17.0. The third-order valence-corrected chi connectivity index (χ3v) is 6.23. The number of benzene rings is 3. The zero-order valence-electron chi connectivity index (χ0n) is 20.4. The molecule has 35 heavy (non-hydrogen) atoms. The molecule has 3 aromatic carbocycles. The van der Waals surface area contributed by atoms with Gasteiger partial charge in [0, 0.05) is 30.1 Å². The Morgan fingerprint density at radius 1 is 0.914 bits per heavy atom. The number of carbonyl (C=O) groups is 2. The molecule has 1 N–H and O–H groups in total. The Morgan fingerprint density at radius 2 is 1.60 bits per heavy atom. The van der Waals surface area contributed by atoms with Crippen molar-refractivity contribution in [3.63, 3.8) is 0 Å². The zero-order valence-corrected chi connectivity index (χ0v) is 20.4. The van der Waals surface area contributed by atoms with E-state index in [1.165, 1.54) is 5.56 Å². The molecule has 1 amide bonds. The molecule has 0 bridgehead atoms. The Balaban J connectivity index is 1.51. The number of rotatable bonds is 11. The molecule has 1 atom stereocenters. The van der Waals surface area contributed by atoms with E-state index in [-0.39, 0.29) is 17.7 Å². The number of aromatic nitrogens is 1. The number of Topliss-reactive ketones (excluding diaryl/α,β-unsaturated/α-hetero) is 1. The van der Waals surface area contributed by atoms with Crippen LogP contribution in [0.3, 0.4) is 0 Å². The molecule has 1 heterocycles. The summed E-state index contributed by atoms with van der Waals surface area (Å²) in [5, 5.41) is 4.08. The Labute approximate surface area is 206 Å². The van der Waals surface area contributed by atoms with Gasteiger partial charge in [-0.2, -0.15) is 0 Å². The Bertz CT molecular complexity index is 1280. The fourth-order valence-electron chi connectivity index (χ4n) is 4.21. The van der Waals surface area contributed by atoms with Gasteiger partial charge < -0.3 is 19.4 Å². The third-order valence-electron chi connectivity index (χ3n) is 6.23. The molecule has 0 fully saturated rings. The van der Waals surface area contributed by atoms with E-state index in [9.17, 15) is 9.59 Å². The number of hydrogen-bond donors (Lipinski definition) is 1. The Hall–Kier alpha value is -3.86. The van der Waals surface area contributed by atoms with Gasteiger partial charge in [-0.1, -0.05) is 60.7 Å². The lowest BCUT2D eigenvalue weighted by molar-refractivity contribution is -0.123. The average molecular weight is 469 g/mol. The number of amides is 1. The van der Waals surface area contributed by atoms with Crippen molar-refractivity contribution in [1.29, 1.82) is 0 Å². The van der Waals surface area contributed by atoms with Crippen LogP contribution in [0.5, 0.6) is 5.75 Å². The average Bonchev–Trinajstić information content (AvgIpc) is 3.24. The van der Waals surface area contributed by atoms with E-state index in [0.717, 1.165) is 34.2 Å². The quantitative estimate of drug-likeness (QED) is 0.309. The number of nitrogens with one attached hydrogen (secondary N) is 1. The Kier molecular flexibility index (Phi) is 7.99. The largest absolute Gasteiger partial charge is 0.489 e. The van der Waals surface area contributed by atoms with E-state index in [0.29, 0.717) is 26.0 Å². The molecule has 5 nitrogen and oxygen atoms in total. The van der Waals surface area contributed by atoms with E-state index in [2.05, 4.69) is 17.4 Å². The molecular formula is C30H32N2O3. The van der Waals surface area contributed by atoms with Gasteiger partial charge in [-0.25, -0.2) is 0 Å².